The van der Waals surface area contributed by atoms with Crippen LogP contribution in [0.1, 0.15) is 27.6 Å². The Morgan fingerprint density at radius 3 is 2.21 bits per heavy atom. The maximum Gasteiger partial charge on any atom is 0.159 e. The predicted molar refractivity (Wildman–Crippen MR) is 73.8 cm³/mol. The van der Waals surface area contributed by atoms with Gasteiger partial charge in [0.2, 0.25) is 0 Å². The molecule has 0 fully saturated rings. The molecular weight excluding hydrogens is 240 g/mol. The van der Waals surface area contributed by atoms with Crippen LogP contribution in [-0.4, -0.2) is 19.2 Å². The minimum Gasteiger partial charge on any atom is -0.496 e. The normalized spacial score (nSPS) is 10.0. The highest BCUT2D eigenvalue weighted by Gasteiger charge is 2.06. The van der Waals surface area contributed by atoms with Crippen LogP contribution in [0.15, 0.2) is 42.5 Å². The number of aldehydes is 1. The van der Waals surface area contributed by atoms with Crippen molar-refractivity contribution in [3.05, 3.63) is 53.6 Å². The molecular formula is C16H14O3. The smallest absolute Gasteiger partial charge is 0.159 e. The van der Waals surface area contributed by atoms with Gasteiger partial charge in [0.15, 0.2) is 12.1 Å². The number of ketones is 1. The van der Waals surface area contributed by atoms with Gasteiger partial charge < -0.3 is 4.74 Å². The zero-order chi connectivity index (χ0) is 13.8. The Morgan fingerprint density at radius 2 is 1.68 bits per heavy atom. The van der Waals surface area contributed by atoms with Gasteiger partial charge in [-0.15, -0.1) is 0 Å². The van der Waals surface area contributed by atoms with Crippen LogP contribution in [0.25, 0.3) is 11.1 Å². The summed E-state index contributed by atoms with van der Waals surface area (Å²) in [6, 6.07) is 12.7. The number of rotatable bonds is 4. The average molecular weight is 254 g/mol. The molecule has 0 unspecified atom stereocenters. The Kier molecular flexibility index (Phi) is 3.76. The number of Topliss-reactive ketones (excluding diaryl/α,β-unsaturated/α-hetero) is 1. The minimum absolute atomic E-state index is 0.0369. The molecule has 96 valence electrons. The van der Waals surface area contributed by atoms with Gasteiger partial charge in [0.05, 0.1) is 12.7 Å². The molecule has 0 spiro atoms. The number of benzene rings is 2. The lowest BCUT2D eigenvalue weighted by atomic mass is 10.0. The molecule has 0 N–H and O–H groups in total. The Labute approximate surface area is 111 Å². The molecule has 0 saturated carbocycles. The van der Waals surface area contributed by atoms with E-state index in [9.17, 15) is 9.59 Å². The Hall–Kier alpha value is -2.42. The molecule has 0 radical (unpaired) electrons. The Bertz CT molecular complexity index is 612. The lowest BCUT2D eigenvalue weighted by Crippen LogP contribution is -1.93. The third kappa shape index (κ3) is 2.71. The van der Waals surface area contributed by atoms with E-state index in [1.54, 1.807) is 24.3 Å². The van der Waals surface area contributed by atoms with E-state index in [2.05, 4.69) is 0 Å². The molecule has 0 atom stereocenters. The Morgan fingerprint density at radius 1 is 1.05 bits per heavy atom. The molecule has 0 aliphatic heterocycles. The fourth-order valence-corrected chi connectivity index (χ4v) is 1.90. The first-order chi connectivity index (χ1) is 9.15. The van der Waals surface area contributed by atoms with Crippen molar-refractivity contribution >= 4 is 12.1 Å². The van der Waals surface area contributed by atoms with E-state index in [1.165, 1.54) is 14.0 Å². The van der Waals surface area contributed by atoms with Crippen molar-refractivity contribution in [2.24, 2.45) is 0 Å². The molecule has 2 aromatic rings. The number of carbonyl (C=O) groups is 2. The quantitative estimate of drug-likeness (QED) is 0.620. The van der Waals surface area contributed by atoms with Gasteiger partial charge >= 0.3 is 0 Å². The molecule has 3 heteroatoms. The van der Waals surface area contributed by atoms with Crippen LogP contribution in [0.2, 0.25) is 0 Å². The van der Waals surface area contributed by atoms with Crippen molar-refractivity contribution in [1.82, 2.24) is 0 Å². The van der Waals surface area contributed by atoms with Crippen LogP contribution in [0, 0.1) is 0 Å². The van der Waals surface area contributed by atoms with Crippen molar-refractivity contribution in [3.8, 4) is 16.9 Å². The van der Waals surface area contributed by atoms with Crippen molar-refractivity contribution in [2.75, 3.05) is 7.11 Å². The van der Waals surface area contributed by atoms with Gasteiger partial charge in [0.1, 0.15) is 5.75 Å². The van der Waals surface area contributed by atoms with E-state index in [4.69, 9.17) is 4.74 Å². The maximum absolute atomic E-state index is 11.2. The summed E-state index contributed by atoms with van der Waals surface area (Å²) in [6.07, 6.45) is 0.770. The van der Waals surface area contributed by atoms with E-state index in [0.717, 1.165) is 17.4 Å². The second-order valence-electron chi connectivity index (χ2n) is 4.21. The molecule has 0 amide bonds. The first-order valence-electron chi connectivity index (χ1n) is 5.90. The molecule has 0 aliphatic carbocycles. The molecule has 0 aromatic heterocycles. The molecule has 3 nitrogen and oxygen atoms in total. The highest BCUT2D eigenvalue weighted by atomic mass is 16.5. The Balaban J connectivity index is 2.41. The van der Waals surface area contributed by atoms with E-state index in [-0.39, 0.29) is 5.78 Å². The number of carbonyl (C=O) groups excluding carboxylic acids is 2. The van der Waals surface area contributed by atoms with Crippen molar-refractivity contribution < 1.29 is 14.3 Å². The standard InChI is InChI=1S/C16H14O3/c1-11(18)12-3-5-13(6-4-12)14-7-8-16(19-2)15(9-14)10-17/h3-10H,1-2H3. The fourth-order valence-electron chi connectivity index (χ4n) is 1.90. The first-order valence-corrected chi connectivity index (χ1v) is 5.90. The maximum atomic E-state index is 11.2. The van der Waals surface area contributed by atoms with Crippen LogP contribution in [-0.2, 0) is 0 Å². The van der Waals surface area contributed by atoms with Gasteiger partial charge in [-0.25, -0.2) is 0 Å². The summed E-state index contributed by atoms with van der Waals surface area (Å²) in [5, 5.41) is 0. The van der Waals surface area contributed by atoms with E-state index in [1.807, 2.05) is 18.2 Å². The van der Waals surface area contributed by atoms with Crippen LogP contribution in [0.4, 0.5) is 0 Å². The zero-order valence-corrected chi connectivity index (χ0v) is 10.8. The first kappa shape index (κ1) is 13.0. The molecule has 0 bridgehead atoms. The van der Waals surface area contributed by atoms with E-state index in [0.29, 0.717) is 16.9 Å². The number of hydrogen-bond donors (Lipinski definition) is 0. The second kappa shape index (κ2) is 5.48. The molecule has 0 saturated heterocycles. The lowest BCUT2D eigenvalue weighted by Gasteiger charge is -2.07. The highest BCUT2D eigenvalue weighted by Crippen LogP contribution is 2.26. The third-order valence-corrected chi connectivity index (χ3v) is 2.98. The lowest BCUT2D eigenvalue weighted by molar-refractivity contribution is 0.101. The van der Waals surface area contributed by atoms with Gasteiger partial charge in [0, 0.05) is 5.56 Å². The van der Waals surface area contributed by atoms with Crippen LogP contribution in [0.5, 0.6) is 5.75 Å². The summed E-state index contributed by atoms with van der Waals surface area (Å²) in [5.41, 5.74) is 3.05. The molecule has 19 heavy (non-hydrogen) atoms. The minimum atomic E-state index is 0.0369. The zero-order valence-electron chi connectivity index (χ0n) is 10.8. The van der Waals surface area contributed by atoms with Crippen molar-refractivity contribution in [1.29, 1.82) is 0 Å². The van der Waals surface area contributed by atoms with E-state index >= 15 is 0 Å². The highest BCUT2D eigenvalue weighted by molar-refractivity contribution is 5.94. The van der Waals surface area contributed by atoms with Gasteiger partial charge in [-0.3, -0.25) is 9.59 Å². The van der Waals surface area contributed by atoms with E-state index < -0.39 is 0 Å². The molecule has 2 aromatic carbocycles. The SMILES string of the molecule is COc1ccc(-c2ccc(C(C)=O)cc2)cc1C=O. The van der Waals surface area contributed by atoms with Gasteiger partial charge in [0.25, 0.3) is 0 Å². The summed E-state index contributed by atoms with van der Waals surface area (Å²) in [5.74, 6) is 0.592. The topological polar surface area (TPSA) is 43.4 Å². The fraction of sp³-hybridized carbons (Fsp3) is 0.125. The summed E-state index contributed by atoms with van der Waals surface area (Å²) in [4.78, 5) is 22.2. The van der Waals surface area contributed by atoms with Crippen molar-refractivity contribution in [3.63, 3.8) is 0 Å². The van der Waals surface area contributed by atoms with Crippen molar-refractivity contribution in [2.45, 2.75) is 6.92 Å². The van der Waals surface area contributed by atoms with Gasteiger partial charge in [-0.05, 0) is 30.2 Å². The monoisotopic (exact) mass is 254 g/mol. The van der Waals surface area contributed by atoms with Gasteiger partial charge in [-0.1, -0.05) is 30.3 Å². The molecule has 0 aliphatic rings. The summed E-state index contributed by atoms with van der Waals surface area (Å²) >= 11 is 0. The number of hydrogen-bond acceptors (Lipinski definition) is 3. The predicted octanol–water partition coefficient (Wildman–Crippen LogP) is 3.38. The second-order valence-corrected chi connectivity index (χ2v) is 4.21. The number of ether oxygens (including phenoxy) is 1. The number of methoxy groups -OCH3 is 1. The van der Waals surface area contributed by atoms with Crippen LogP contribution < -0.4 is 4.74 Å². The summed E-state index contributed by atoms with van der Waals surface area (Å²) in [7, 11) is 1.53. The largest absolute Gasteiger partial charge is 0.496 e. The third-order valence-electron chi connectivity index (χ3n) is 2.98. The molecule has 0 heterocycles. The molecule has 2 rings (SSSR count). The van der Waals surface area contributed by atoms with Crippen LogP contribution >= 0.6 is 0 Å². The average Bonchev–Trinajstić information content (AvgIpc) is 2.46. The van der Waals surface area contributed by atoms with Gasteiger partial charge in [-0.2, -0.15) is 0 Å². The van der Waals surface area contributed by atoms with Crippen LogP contribution in [0.3, 0.4) is 0 Å². The summed E-state index contributed by atoms with van der Waals surface area (Å²) < 4.78 is 5.10. The summed E-state index contributed by atoms with van der Waals surface area (Å²) in [6.45, 7) is 1.53.